The lowest BCUT2D eigenvalue weighted by molar-refractivity contribution is -0.161. The highest BCUT2D eigenvalue weighted by molar-refractivity contribution is 7.47. The molecule has 17 nitrogen and oxygen atoms in total. The predicted octanol–water partition coefficient (Wildman–Crippen LogP) is 23.1. The van der Waals surface area contributed by atoms with Crippen molar-refractivity contribution >= 4 is 39.5 Å². The standard InChI is InChI=1S/C78H152O17P2/c1-7-9-11-13-15-16-17-18-19-20-21-22-23-26-33-38-44-50-56-62-78(83)95-74(67-89-76(81)61-55-49-43-37-32-27-24-25-30-35-41-46-52-58-70(3)4)69-93-97(86,87)91-65-72(79)64-90-96(84,85)92-68-73(66-88-75(80)60-54-48-40-14-12-10-8-2)94-77(82)63-57-51-45-39-34-29-28-31-36-42-47-53-59-71(5)6/h70-74,79H,7-69H2,1-6H3,(H,84,85)(H,86,87)/t72-,73+,74+/m0/s1. The molecule has 0 bridgehead atoms. The van der Waals surface area contributed by atoms with E-state index in [1.54, 1.807) is 0 Å². The summed E-state index contributed by atoms with van der Waals surface area (Å²) in [6.07, 6.45) is 58.4. The summed E-state index contributed by atoms with van der Waals surface area (Å²) in [6, 6.07) is 0. The number of phosphoric ester groups is 2. The fraction of sp³-hybridized carbons (Fsp3) is 0.949. The van der Waals surface area contributed by atoms with Gasteiger partial charge in [0.05, 0.1) is 26.4 Å². The summed E-state index contributed by atoms with van der Waals surface area (Å²) in [5.74, 6) is -0.549. The third-order valence-corrected chi connectivity index (χ3v) is 20.1. The maximum absolute atomic E-state index is 13.1. The lowest BCUT2D eigenvalue weighted by Crippen LogP contribution is -2.30. The van der Waals surface area contributed by atoms with Crippen LogP contribution in [0, 0.1) is 11.8 Å². The Balaban J connectivity index is 5.19. The van der Waals surface area contributed by atoms with Gasteiger partial charge in [0.25, 0.3) is 0 Å². The summed E-state index contributed by atoms with van der Waals surface area (Å²) >= 11 is 0. The van der Waals surface area contributed by atoms with Crippen LogP contribution in [0.3, 0.4) is 0 Å². The molecular weight excluding hydrogens is 1270 g/mol. The number of aliphatic hydroxyl groups excluding tert-OH is 1. The van der Waals surface area contributed by atoms with Crippen LogP contribution in [-0.4, -0.2) is 96.7 Å². The van der Waals surface area contributed by atoms with E-state index in [1.165, 1.54) is 212 Å². The minimum absolute atomic E-state index is 0.107. The van der Waals surface area contributed by atoms with Gasteiger partial charge in [0, 0.05) is 25.7 Å². The van der Waals surface area contributed by atoms with Gasteiger partial charge in [-0.3, -0.25) is 37.3 Å². The van der Waals surface area contributed by atoms with Crippen molar-refractivity contribution in [3.05, 3.63) is 0 Å². The van der Waals surface area contributed by atoms with Crippen molar-refractivity contribution in [3.8, 4) is 0 Å². The molecule has 0 aliphatic rings. The molecule has 0 aromatic heterocycles. The Labute approximate surface area is 594 Å². The molecule has 0 saturated heterocycles. The molecule has 19 heteroatoms. The smallest absolute Gasteiger partial charge is 0.462 e. The zero-order chi connectivity index (χ0) is 71.4. The number of rotatable bonds is 77. The molecule has 97 heavy (non-hydrogen) atoms. The normalized spacial score (nSPS) is 14.0. The van der Waals surface area contributed by atoms with Crippen molar-refractivity contribution in [2.24, 2.45) is 11.8 Å². The number of hydrogen-bond donors (Lipinski definition) is 3. The highest BCUT2D eigenvalue weighted by atomic mass is 31.2. The number of phosphoric acid groups is 2. The van der Waals surface area contributed by atoms with Crippen LogP contribution in [0.25, 0.3) is 0 Å². The Kier molecular flexibility index (Phi) is 68.4. The van der Waals surface area contributed by atoms with E-state index in [9.17, 15) is 43.2 Å². The first-order chi connectivity index (χ1) is 46.9. The maximum atomic E-state index is 13.1. The molecule has 0 heterocycles. The summed E-state index contributed by atoms with van der Waals surface area (Å²) in [5, 5.41) is 10.6. The average molecular weight is 1420 g/mol. The van der Waals surface area contributed by atoms with Crippen LogP contribution >= 0.6 is 15.6 Å². The number of hydrogen-bond acceptors (Lipinski definition) is 15. The number of esters is 4. The van der Waals surface area contributed by atoms with Gasteiger partial charge in [0.15, 0.2) is 12.2 Å². The highest BCUT2D eigenvalue weighted by Gasteiger charge is 2.30. The average Bonchev–Trinajstić information content (AvgIpc) is 1.22. The van der Waals surface area contributed by atoms with E-state index in [-0.39, 0.29) is 25.7 Å². The molecule has 3 N–H and O–H groups in total. The number of ether oxygens (including phenoxy) is 4. The molecule has 0 fully saturated rings. The zero-order valence-corrected chi connectivity index (χ0v) is 65.2. The van der Waals surface area contributed by atoms with E-state index in [2.05, 4.69) is 41.5 Å². The van der Waals surface area contributed by atoms with E-state index in [4.69, 9.17) is 37.0 Å². The molecule has 0 aromatic rings. The third kappa shape index (κ3) is 72.2. The Bertz CT molecular complexity index is 1870. The predicted molar refractivity (Wildman–Crippen MR) is 395 cm³/mol. The largest absolute Gasteiger partial charge is 0.472 e. The van der Waals surface area contributed by atoms with E-state index in [0.717, 1.165) is 115 Å². The van der Waals surface area contributed by atoms with Gasteiger partial charge in [-0.25, -0.2) is 9.13 Å². The van der Waals surface area contributed by atoms with Crippen molar-refractivity contribution in [2.75, 3.05) is 39.6 Å². The SMILES string of the molecule is CCCCCCCCCCCCCCCCCCCCCC(=O)O[C@H](COC(=O)CCCCCCCCCCCCCCCC(C)C)COP(=O)(O)OC[C@@H](O)COP(=O)(O)OC[C@@H](COC(=O)CCCCCCCCC)OC(=O)CCCCCCCCCCCCCCC(C)C. The quantitative estimate of drug-likeness (QED) is 0.0222. The van der Waals surface area contributed by atoms with Gasteiger partial charge < -0.3 is 33.8 Å². The third-order valence-electron chi connectivity index (χ3n) is 18.2. The van der Waals surface area contributed by atoms with E-state index < -0.39 is 97.5 Å². The van der Waals surface area contributed by atoms with Crippen LogP contribution in [0.15, 0.2) is 0 Å². The number of unbranched alkanes of at least 4 members (excludes halogenated alkanes) is 47. The van der Waals surface area contributed by atoms with Crippen LogP contribution in [0.4, 0.5) is 0 Å². The fourth-order valence-electron chi connectivity index (χ4n) is 12.0. The number of carbonyl (C=O) groups is 4. The summed E-state index contributed by atoms with van der Waals surface area (Å²) in [4.78, 5) is 72.8. The van der Waals surface area contributed by atoms with Gasteiger partial charge in [-0.1, -0.05) is 356 Å². The molecule has 5 atom stereocenters. The number of carbonyl (C=O) groups excluding carboxylic acids is 4. The molecule has 0 rings (SSSR count). The van der Waals surface area contributed by atoms with E-state index >= 15 is 0 Å². The van der Waals surface area contributed by atoms with Crippen LogP contribution in [0.5, 0.6) is 0 Å². The molecule has 0 amide bonds. The van der Waals surface area contributed by atoms with Crippen molar-refractivity contribution < 1.29 is 80.2 Å². The Morgan fingerprint density at radius 1 is 0.278 bits per heavy atom. The van der Waals surface area contributed by atoms with Gasteiger partial charge in [0.1, 0.15) is 19.3 Å². The van der Waals surface area contributed by atoms with Crippen molar-refractivity contribution in [1.82, 2.24) is 0 Å². The van der Waals surface area contributed by atoms with E-state index in [1.807, 2.05) is 0 Å². The Morgan fingerprint density at radius 3 is 0.701 bits per heavy atom. The van der Waals surface area contributed by atoms with Gasteiger partial charge in [0.2, 0.25) is 0 Å². The Hall–Kier alpha value is -1.94. The first-order valence-electron chi connectivity index (χ1n) is 40.5. The molecule has 2 unspecified atom stereocenters. The van der Waals surface area contributed by atoms with Crippen LogP contribution < -0.4 is 0 Å². The summed E-state index contributed by atoms with van der Waals surface area (Å²) in [6.45, 7) is 9.60. The topological polar surface area (TPSA) is 237 Å². The molecule has 576 valence electrons. The lowest BCUT2D eigenvalue weighted by atomic mass is 10.0. The van der Waals surface area contributed by atoms with Crippen LogP contribution in [0.1, 0.15) is 408 Å². The first kappa shape index (κ1) is 95.1. The summed E-state index contributed by atoms with van der Waals surface area (Å²) in [7, 11) is -9.91. The van der Waals surface area contributed by atoms with Crippen molar-refractivity contribution in [1.29, 1.82) is 0 Å². The zero-order valence-electron chi connectivity index (χ0n) is 63.4. The molecule has 0 aliphatic carbocycles. The van der Waals surface area contributed by atoms with Gasteiger partial charge >= 0.3 is 39.5 Å². The minimum atomic E-state index is -4.96. The molecule has 0 spiro atoms. The van der Waals surface area contributed by atoms with Crippen LogP contribution in [-0.2, 0) is 65.4 Å². The summed E-state index contributed by atoms with van der Waals surface area (Å²) in [5.41, 5.74) is 0. The summed E-state index contributed by atoms with van der Waals surface area (Å²) < 4.78 is 68.5. The highest BCUT2D eigenvalue weighted by Crippen LogP contribution is 2.45. The van der Waals surface area contributed by atoms with Gasteiger partial charge in [-0.15, -0.1) is 0 Å². The monoisotopic (exact) mass is 1420 g/mol. The molecular formula is C78H152O17P2. The van der Waals surface area contributed by atoms with Gasteiger partial charge in [-0.05, 0) is 37.5 Å². The Morgan fingerprint density at radius 2 is 0.474 bits per heavy atom. The van der Waals surface area contributed by atoms with Crippen LogP contribution in [0.2, 0.25) is 0 Å². The second-order valence-electron chi connectivity index (χ2n) is 29.1. The lowest BCUT2D eigenvalue weighted by Gasteiger charge is -2.21. The van der Waals surface area contributed by atoms with Gasteiger partial charge in [-0.2, -0.15) is 0 Å². The fourth-order valence-corrected chi connectivity index (χ4v) is 13.6. The van der Waals surface area contributed by atoms with Crippen molar-refractivity contribution in [3.63, 3.8) is 0 Å². The minimum Gasteiger partial charge on any atom is -0.462 e. The molecule has 0 radical (unpaired) electrons. The molecule has 0 aliphatic heterocycles. The molecule has 0 aromatic carbocycles. The second kappa shape index (κ2) is 69.8. The first-order valence-corrected chi connectivity index (χ1v) is 43.5. The van der Waals surface area contributed by atoms with E-state index in [0.29, 0.717) is 25.7 Å². The van der Waals surface area contributed by atoms with Crippen molar-refractivity contribution in [2.45, 2.75) is 426 Å². The second-order valence-corrected chi connectivity index (χ2v) is 32.0. The number of aliphatic hydroxyl groups is 1. The maximum Gasteiger partial charge on any atom is 0.472 e. The molecule has 0 saturated carbocycles.